The van der Waals surface area contributed by atoms with E-state index in [9.17, 15) is 18.4 Å². The van der Waals surface area contributed by atoms with E-state index < -0.39 is 25.1 Å². The van der Waals surface area contributed by atoms with Crippen LogP contribution in [0.3, 0.4) is 0 Å². The zero-order valence-corrected chi connectivity index (χ0v) is 13.2. The third kappa shape index (κ3) is 5.45. The monoisotopic (exact) mass is 351 g/mol. The Kier molecular flexibility index (Phi) is 6.27. The molecule has 0 heterocycles. The number of benzene rings is 2. The number of carbonyl (C=O) groups is 2. The third-order valence-corrected chi connectivity index (χ3v) is 3.03. The van der Waals surface area contributed by atoms with E-state index in [0.29, 0.717) is 11.4 Å². The molecule has 6 nitrogen and oxygen atoms in total. The number of para-hydroxylation sites is 1. The predicted molar refractivity (Wildman–Crippen MR) is 85.0 cm³/mol. The lowest BCUT2D eigenvalue weighted by Crippen LogP contribution is -2.21. The molecule has 0 aliphatic heterocycles. The van der Waals surface area contributed by atoms with E-state index in [1.165, 1.54) is 31.4 Å². The standard InChI is InChI=1S/C17H15F2NO5/c1-23-12-8-6-11(7-9-12)20-15(21)10-24-16(22)13-4-2-3-5-14(13)25-17(18)19/h2-9,17H,10H2,1H3,(H,20,21). The van der Waals surface area contributed by atoms with Crippen LogP contribution < -0.4 is 14.8 Å². The molecule has 0 radical (unpaired) electrons. The van der Waals surface area contributed by atoms with Crippen LogP contribution in [0.4, 0.5) is 14.5 Å². The molecular weight excluding hydrogens is 336 g/mol. The summed E-state index contributed by atoms with van der Waals surface area (Å²) < 4.78 is 38.7. The van der Waals surface area contributed by atoms with Gasteiger partial charge in [-0.1, -0.05) is 12.1 Å². The van der Waals surface area contributed by atoms with E-state index in [1.54, 1.807) is 24.3 Å². The molecule has 0 saturated heterocycles. The van der Waals surface area contributed by atoms with Crippen molar-refractivity contribution in [2.75, 3.05) is 19.0 Å². The summed E-state index contributed by atoms with van der Waals surface area (Å²) in [6.07, 6.45) is 0. The second-order valence-corrected chi connectivity index (χ2v) is 4.73. The molecule has 0 aliphatic rings. The van der Waals surface area contributed by atoms with Gasteiger partial charge in [-0.05, 0) is 36.4 Å². The lowest BCUT2D eigenvalue weighted by atomic mass is 10.2. The second kappa shape index (κ2) is 8.62. The van der Waals surface area contributed by atoms with Crippen molar-refractivity contribution in [3.05, 3.63) is 54.1 Å². The molecule has 0 spiro atoms. The molecule has 0 aromatic heterocycles. The van der Waals surface area contributed by atoms with Gasteiger partial charge in [-0.25, -0.2) is 4.79 Å². The number of esters is 1. The summed E-state index contributed by atoms with van der Waals surface area (Å²) in [4.78, 5) is 23.7. The fraction of sp³-hybridized carbons (Fsp3) is 0.176. The largest absolute Gasteiger partial charge is 0.497 e. The summed E-state index contributed by atoms with van der Waals surface area (Å²) in [6.45, 7) is -3.65. The molecule has 2 aromatic carbocycles. The van der Waals surface area contributed by atoms with Crippen LogP contribution in [0.2, 0.25) is 0 Å². The number of ether oxygens (including phenoxy) is 3. The Labute approximate surface area is 142 Å². The molecule has 8 heteroatoms. The summed E-state index contributed by atoms with van der Waals surface area (Å²) >= 11 is 0. The summed E-state index contributed by atoms with van der Waals surface area (Å²) in [7, 11) is 1.52. The molecule has 1 N–H and O–H groups in total. The van der Waals surface area contributed by atoms with Crippen molar-refractivity contribution < 1.29 is 32.6 Å². The average Bonchev–Trinajstić information content (AvgIpc) is 2.60. The van der Waals surface area contributed by atoms with Crippen molar-refractivity contribution in [2.45, 2.75) is 6.61 Å². The van der Waals surface area contributed by atoms with Crippen molar-refractivity contribution >= 4 is 17.6 Å². The highest BCUT2D eigenvalue weighted by Crippen LogP contribution is 2.21. The quantitative estimate of drug-likeness (QED) is 0.776. The van der Waals surface area contributed by atoms with Gasteiger partial charge in [0.05, 0.1) is 7.11 Å². The Hall–Kier alpha value is -3.16. The van der Waals surface area contributed by atoms with Gasteiger partial charge in [0.15, 0.2) is 6.61 Å². The van der Waals surface area contributed by atoms with Gasteiger partial charge in [-0.2, -0.15) is 8.78 Å². The summed E-state index contributed by atoms with van der Waals surface area (Å²) in [5, 5.41) is 2.52. The van der Waals surface area contributed by atoms with Gasteiger partial charge in [0.1, 0.15) is 17.1 Å². The molecule has 0 fully saturated rings. The number of methoxy groups -OCH3 is 1. The Balaban J connectivity index is 1.92. The number of carbonyl (C=O) groups excluding carboxylic acids is 2. The number of hydrogen-bond donors (Lipinski definition) is 1. The van der Waals surface area contributed by atoms with E-state index >= 15 is 0 Å². The maximum Gasteiger partial charge on any atom is 0.387 e. The van der Waals surface area contributed by atoms with Crippen LogP contribution in [0.1, 0.15) is 10.4 Å². The number of hydrogen-bond acceptors (Lipinski definition) is 5. The Morgan fingerprint density at radius 3 is 2.40 bits per heavy atom. The van der Waals surface area contributed by atoms with Crippen LogP contribution in [-0.2, 0) is 9.53 Å². The highest BCUT2D eigenvalue weighted by atomic mass is 19.3. The summed E-state index contributed by atoms with van der Waals surface area (Å²) in [5.74, 6) is -1.22. The Morgan fingerprint density at radius 1 is 1.08 bits per heavy atom. The average molecular weight is 351 g/mol. The Bertz CT molecular complexity index is 734. The number of rotatable bonds is 7. The minimum absolute atomic E-state index is 0.194. The van der Waals surface area contributed by atoms with Crippen LogP contribution in [-0.4, -0.2) is 32.2 Å². The van der Waals surface area contributed by atoms with Crippen molar-refractivity contribution in [2.24, 2.45) is 0 Å². The predicted octanol–water partition coefficient (Wildman–Crippen LogP) is 3.09. The number of alkyl halides is 2. The van der Waals surface area contributed by atoms with Crippen LogP contribution in [0.15, 0.2) is 48.5 Å². The van der Waals surface area contributed by atoms with Crippen molar-refractivity contribution in [3.63, 3.8) is 0 Å². The van der Waals surface area contributed by atoms with Crippen LogP contribution in [0.5, 0.6) is 11.5 Å². The van der Waals surface area contributed by atoms with Gasteiger partial charge in [-0.3, -0.25) is 4.79 Å². The molecule has 25 heavy (non-hydrogen) atoms. The van der Waals surface area contributed by atoms with Crippen molar-refractivity contribution in [1.29, 1.82) is 0 Å². The smallest absolute Gasteiger partial charge is 0.387 e. The number of amides is 1. The van der Waals surface area contributed by atoms with E-state index in [-0.39, 0.29) is 11.3 Å². The van der Waals surface area contributed by atoms with E-state index in [2.05, 4.69) is 10.1 Å². The van der Waals surface area contributed by atoms with Crippen molar-refractivity contribution in [1.82, 2.24) is 0 Å². The first-order valence-corrected chi connectivity index (χ1v) is 7.14. The van der Waals surface area contributed by atoms with Gasteiger partial charge >= 0.3 is 12.6 Å². The van der Waals surface area contributed by atoms with Gasteiger partial charge < -0.3 is 19.5 Å². The van der Waals surface area contributed by atoms with Crippen LogP contribution >= 0.6 is 0 Å². The molecule has 132 valence electrons. The highest BCUT2D eigenvalue weighted by molar-refractivity contribution is 5.96. The summed E-state index contributed by atoms with van der Waals surface area (Å²) in [5.41, 5.74) is 0.295. The first kappa shape index (κ1) is 18.2. The number of halogens is 2. The van der Waals surface area contributed by atoms with Crippen LogP contribution in [0, 0.1) is 0 Å². The SMILES string of the molecule is COc1ccc(NC(=O)COC(=O)c2ccccc2OC(F)F)cc1. The zero-order valence-electron chi connectivity index (χ0n) is 13.2. The molecule has 0 bridgehead atoms. The minimum atomic E-state index is -3.08. The normalized spacial score (nSPS) is 10.2. The van der Waals surface area contributed by atoms with Gasteiger partial charge in [-0.15, -0.1) is 0 Å². The van der Waals surface area contributed by atoms with Gasteiger partial charge in [0.25, 0.3) is 5.91 Å². The van der Waals surface area contributed by atoms with E-state index in [4.69, 9.17) is 9.47 Å². The third-order valence-electron chi connectivity index (χ3n) is 3.03. The first-order chi connectivity index (χ1) is 12.0. The summed E-state index contributed by atoms with van der Waals surface area (Å²) in [6, 6.07) is 11.9. The lowest BCUT2D eigenvalue weighted by molar-refractivity contribution is -0.119. The molecule has 1 amide bonds. The molecule has 2 rings (SSSR count). The topological polar surface area (TPSA) is 73.9 Å². The molecule has 0 saturated carbocycles. The van der Waals surface area contributed by atoms with Crippen LogP contribution in [0.25, 0.3) is 0 Å². The fourth-order valence-electron chi connectivity index (χ4n) is 1.91. The lowest BCUT2D eigenvalue weighted by Gasteiger charge is -2.10. The highest BCUT2D eigenvalue weighted by Gasteiger charge is 2.17. The maximum absolute atomic E-state index is 12.3. The fourth-order valence-corrected chi connectivity index (χ4v) is 1.91. The Morgan fingerprint density at radius 2 is 1.76 bits per heavy atom. The minimum Gasteiger partial charge on any atom is -0.497 e. The molecule has 0 unspecified atom stereocenters. The number of anilines is 1. The molecule has 0 atom stereocenters. The zero-order chi connectivity index (χ0) is 18.2. The molecule has 2 aromatic rings. The molecular formula is C17H15F2NO5. The van der Waals surface area contributed by atoms with Gasteiger partial charge in [0.2, 0.25) is 0 Å². The number of nitrogens with one attached hydrogen (secondary N) is 1. The van der Waals surface area contributed by atoms with E-state index in [0.717, 1.165) is 0 Å². The first-order valence-electron chi connectivity index (χ1n) is 7.14. The maximum atomic E-state index is 12.3. The molecule has 0 aliphatic carbocycles. The van der Waals surface area contributed by atoms with Gasteiger partial charge in [0, 0.05) is 5.69 Å². The van der Waals surface area contributed by atoms with Crippen molar-refractivity contribution in [3.8, 4) is 11.5 Å². The second-order valence-electron chi connectivity index (χ2n) is 4.73. The van der Waals surface area contributed by atoms with E-state index in [1.807, 2.05) is 0 Å².